The molecule has 1 aromatic carbocycles. The smallest absolute Gasteiger partial charge is 0.265 e. The molecule has 0 radical (unpaired) electrons. The number of aromatic nitrogens is 1. The van der Waals surface area contributed by atoms with Crippen molar-refractivity contribution >= 4 is 17.2 Å². The minimum Gasteiger partial charge on any atom is -0.464 e. The van der Waals surface area contributed by atoms with Crippen molar-refractivity contribution in [1.29, 1.82) is 0 Å². The summed E-state index contributed by atoms with van der Waals surface area (Å²) in [6, 6.07) is 14.0. The van der Waals surface area contributed by atoms with Crippen molar-refractivity contribution in [2.45, 2.75) is 19.4 Å². The lowest BCUT2D eigenvalue weighted by molar-refractivity contribution is -0.0322. The zero-order valence-corrected chi connectivity index (χ0v) is 15.4. The highest BCUT2D eigenvalue weighted by Gasteiger charge is 2.28. The van der Waals surface area contributed by atoms with Gasteiger partial charge < -0.3 is 14.1 Å². The molecular formula is C20H20N2O3S. The summed E-state index contributed by atoms with van der Waals surface area (Å²) in [6.07, 6.45) is 2.22. The Labute approximate surface area is 156 Å². The van der Waals surface area contributed by atoms with E-state index >= 15 is 0 Å². The zero-order valence-electron chi connectivity index (χ0n) is 14.6. The summed E-state index contributed by atoms with van der Waals surface area (Å²) in [4.78, 5) is 19.8. The molecule has 0 N–H and O–H groups in total. The van der Waals surface area contributed by atoms with Gasteiger partial charge in [0.1, 0.15) is 22.5 Å². The molecule has 1 aliphatic heterocycles. The van der Waals surface area contributed by atoms with E-state index in [4.69, 9.17) is 9.15 Å². The van der Waals surface area contributed by atoms with Gasteiger partial charge in [0, 0.05) is 13.0 Å². The molecule has 1 unspecified atom stereocenters. The zero-order chi connectivity index (χ0) is 17.9. The van der Waals surface area contributed by atoms with Crippen molar-refractivity contribution in [2.24, 2.45) is 0 Å². The number of carbonyl (C=O) groups excluding carboxylic acids is 1. The van der Waals surface area contributed by atoms with Crippen LogP contribution in [0.2, 0.25) is 0 Å². The molecule has 0 bridgehead atoms. The predicted octanol–water partition coefficient (Wildman–Crippen LogP) is 3.85. The van der Waals surface area contributed by atoms with Crippen molar-refractivity contribution < 1.29 is 13.9 Å². The summed E-state index contributed by atoms with van der Waals surface area (Å²) in [5.41, 5.74) is 1.19. The summed E-state index contributed by atoms with van der Waals surface area (Å²) in [5, 5.41) is 0.950. The fourth-order valence-electron chi connectivity index (χ4n) is 3.05. The van der Waals surface area contributed by atoms with E-state index in [1.54, 1.807) is 6.20 Å². The summed E-state index contributed by atoms with van der Waals surface area (Å²) in [7, 11) is 0. The van der Waals surface area contributed by atoms with Crippen LogP contribution in [0.3, 0.4) is 0 Å². The second-order valence-electron chi connectivity index (χ2n) is 6.34. The average molecular weight is 368 g/mol. The second-order valence-corrected chi connectivity index (χ2v) is 7.45. The number of nitrogens with zero attached hydrogens (tertiary/aromatic N) is 2. The van der Waals surface area contributed by atoms with Gasteiger partial charge in [-0.3, -0.25) is 4.79 Å². The Morgan fingerprint density at radius 3 is 2.88 bits per heavy atom. The van der Waals surface area contributed by atoms with E-state index in [1.165, 1.54) is 16.9 Å². The lowest BCUT2D eigenvalue weighted by Gasteiger charge is -2.31. The van der Waals surface area contributed by atoms with Gasteiger partial charge in [-0.15, -0.1) is 11.3 Å². The van der Waals surface area contributed by atoms with Gasteiger partial charge in [-0.05, 0) is 24.6 Å². The van der Waals surface area contributed by atoms with Crippen LogP contribution < -0.4 is 0 Å². The van der Waals surface area contributed by atoms with Crippen molar-refractivity contribution in [3.05, 3.63) is 75.6 Å². The van der Waals surface area contributed by atoms with Crippen LogP contribution in [0.25, 0.3) is 0 Å². The van der Waals surface area contributed by atoms with Gasteiger partial charge in [0.2, 0.25) is 0 Å². The maximum absolute atomic E-state index is 12.9. The van der Waals surface area contributed by atoms with Gasteiger partial charge in [-0.25, -0.2) is 4.98 Å². The first-order valence-electron chi connectivity index (χ1n) is 8.65. The topological polar surface area (TPSA) is 55.6 Å². The second kappa shape index (κ2) is 7.43. The molecule has 5 nitrogen and oxygen atoms in total. The minimum atomic E-state index is -0.210. The first kappa shape index (κ1) is 17.0. The normalized spacial score (nSPS) is 17.4. The highest BCUT2D eigenvalue weighted by atomic mass is 32.1. The largest absolute Gasteiger partial charge is 0.464 e. The van der Waals surface area contributed by atoms with Gasteiger partial charge in [-0.2, -0.15) is 0 Å². The fraction of sp³-hybridized carbons (Fsp3) is 0.300. The predicted molar refractivity (Wildman–Crippen MR) is 99.4 cm³/mol. The fourth-order valence-corrected chi connectivity index (χ4v) is 3.97. The van der Waals surface area contributed by atoms with E-state index in [9.17, 15) is 4.79 Å². The molecular weight excluding hydrogens is 348 g/mol. The highest BCUT2D eigenvalue weighted by molar-refractivity contribution is 7.13. The van der Waals surface area contributed by atoms with Crippen molar-refractivity contribution in [2.75, 3.05) is 19.7 Å². The number of furan rings is 1. The Bertz CT molecular complexity index is 887. The molecule has 1 fully saturated rings. The third-order valence-corrected chi connectivity index (χ3v) is 5.38. The molecule has 3 heterocycles. The quantitative estimate of drug-likeness (QED) is 0.702. The number of hydrogen-bond donors (Lipinski definition) is 0. The summed E-state index contributed by atoms with van der Waals surface area (Å²) >= 11 is 1.46. The molecule has 6 heteroatoms. The van der Waals surface area contributed by atoms with Gasteiger partial charge in [0.05, 0.1) is 24.4 Å². The maximum Gasteiger partial charge on any atom is 0.265 e. The third kappa shape index (κ3) is 3.71. The molecule has 1 aliphatic rings. The number of morpholine rings is 1. The van der Waals surface area contributed by atoms with Crippen LogP contribution in [0.15, 0.2) is 53.1 Å². The van der Waals surface area contributed by atoms with E-state index in [2.05, 4.69) is 17.1 Å². The Hall–Kier alpha value is -2.44. The standard InChI is InChI=1S/C20H20N2O3S/c1-14-7-8-16(25-14)17-13-22(9-10-24-17)20(23)18-12-21-19(26-18)11-15-5-3-2-4-6-15/h2-8,12,17H,9-11,13H2,1H3. The Balaban J connectivity index is 1.44. The average Bonchev–Trinajstić information content (AvgIpc) is 3.31. The van der Waals surface area contributed by atoms with Crippen LogP contribution in [0.4, 0.5) is 0 Å². The first-order valence-corrected chi connectivity index (χ1v) is 9.46. The van der Waals surface area contributed by atoms with Crippen LogP contribution >= 0.6 is 11.3 Å². The molecule has 0 aliphatic carbocycles. The van der Waals surface area contributed by atoms with Gasteiger partial charge in [0.25, 0.3) is 5.91 Å². The summed E-state index contributed by atoms with van der Waals surface area (Å²) in [6.45, 7) is 3.49. The number of aryl methyl sites for hydroxylation is 1. The van der Waals surface area contributed by atoms with Gasteiger partial charge in [0.15, 0.2) is 0 Å². The monoisotopic (exact) mass is 368 g/mol. The van der Waals surface area contributed by atoms with Crippen LogP contribution in [0, 0.1) is 6.92 Å². The minimum absolute atomic E-state index is 0.0124. The number of rotatable bonds is 4. The highest BCUT2D eigenvalue weighted by Crippen LogP contribution is 2.26. The molecule has 3 aromatic rings. The van der Waals surface area contributed by atoms with E-state index in [0.717, 1.165) is 22.9 Å². The molecule has 1 amide bonds. The SMILES string of the molecule is Cc1ccc(C2CN(C(=O)c3cnc(Cc4ccccc4)s3)CCO2)o1. The molecule has 134 valence electrons. The van der Waals surface area contributed by atoms with Crippen LogP contribution in [-0.4, -0.2) is 35.5 Å². The molecule has 1 saturated heterocycles. The lowest BCUT2D eigenvalue weighted by atomic mass is 10.2. The van der Waals surface area contributed by atoms with Gasteiger partial charge in [-0.1, -0.05) is 30.3 Å². The number of carbonyl (C=O) groups is 1. The van der Waals surface area contributed by atoms with E-state index in [1.807, 2.05) is 42.2 Å². The molecule has 0 spiro atoms. The van der Waals surface area contributed by atoms with Crippen molar-refractivity contribution in [3.63, 3.8) is 0 Å². The lowest BCUT2D eigenvalue weighted by Crippen LogP contribution is -2.41. The van der Waals surface area contributed by atoms with Crippen LogP contribution in [-0.2, 0) is 11.2 Å². The molecule has 0 saturated carbocycles. The van der Waals surface area contributed by atoms with E-state index in [-0.39, 0.29) is 12.0 Å². The Kier molecular flexibility index (Phi) is 4.86. The Morgan fingerprint density at radius 2 is 2.12 bits per heavy atom. The molecule has 4 rings (SSSR count). The van der Waals surface area contributed by atoms with E-state index < -0.39 is 0 Å². The van der Waals surface area contributed by atoms with E-state index in [0.29, 0.717) is 24.6 Å². The number of amides is 1. The maximum atomic E-state index is 12.9. The number of benzene rings is 1. The molecule has 2 aromatic heterocycles. The summed E-state index contributed by atoms with van der Waals surface area (Å²) in [5.74, 6) is 1.63. The molecule has 26 heavy (non-hydrogen) atoms. The van der Waals surface area contributed by atoms with Crippen molar-refractivity contribution in [3.8, 4) is 0 Å². The van der Waals surface area contributed by atoms with Gasteiger partial charge >= 0.3 is 0 Å². The van der Waals surface area contributed by atoms with Crippen LogP contribution in [0.5, 0.6) is 0 Å². The number of hydrogen-bond acceptors (Lipinski definition) is 5. The summed E-state index contributed by atoms with van der Waals surface area (Å²) < 4.78 is 11.4. The first-order chi connectivity index (χ1) is 12.7. The van der Waals surface area contributed by atoms with Crippen molar-refractivity contribution in [1.82, 2.24) is 9.88 Å². The molecule has 1 atom stereocenters. The number of thiazole rings is 1. The third-order valence-electron chi connectivity index (χ3n) is 4.39. The Morgan fingerprint density at radius 1 is 1.27 bits per heavy atom. The number of ether oxygens (including phenoxy) is 1. The van der Waals surface area contributed by atoms with Crippen LogP contribution in [0.1, 0.15) is 37.9 Å².